The summed E-state index contributed by atoms with van der Waals surface area (Å²) in [6, 6.07) is 11.2. The molecular formula is C17H28N2O. The molecule has 2 rings (SSSR count). The molecule has 1 aromatic rings. The number of rotatable bonds is 8. The molecule has 0 bridgehead atoms. The zero-order valence-corrected chi connectivity index (χ0v) is 12.5. The first kappa shape index (κ1) is 15.5. The minimum Gasteiger partial charge on any atom is -0.396 e. The van der Waals surface area contributed by atoms with Gasteiger partial charge in [0.1, 0.15) is 0 Å². The van der Waals surface area contributed by atoms with E-state index in [0.717, 1.165) is 19.5 Å². The van der Waals surface area contributed by atoms with Crippen LogP contribution in [-0.2, 0) is 0 Å². The van der Waals surface area contributed by atoms with Gasteiger partial charge >= 0.3 is 0 Å². The average Bonchev–Trinajstić information content (AvgIpc) is 2.42. The summed E-state index contributed by atoms with van der Waals surface area (Å²) in [5.74, 6) is 0.427. The lowest BCUT2D eigenvalue weighted by atomic mass is 9.89. The Balaban J connectivity index is 1.91. The Morgan fingerprint density at radius 3 is 2.55 bits per heavy atom. The average molecular weight is 276 g/mol. The van der Waals surface area contributed by atoms with Gasteiger partial charge in [-0.3, -0.25) is 4.90 Å². The van der Waals surface area contributed by atoms with Gasteiger partial charge in [-0.05, 0) is 30.7 Å². The van der Waals surface area contributed by atoms with Gasteiger partial charge in [-0.1, -0.05) is 43.7 Å². The van der Waals surface area contributed by atoms with Crippen LogP contribution < -0.4 is 5.73 Å². The molecule has 1 saturated carbocycles. The maximum absolute atomic E-state index is 9.06. The molecular weight excluding hydrogens is 248 g/mol. The van der Waals surface area contributed by atoms with E-state index in [-0.39, 0.29) is 12.6 Å². The molecule has 0 heterocycles. The van der Waals surface area contributed by atoms with Gasteiger partial charge in [0.2, 0.25) is 0 Å². The summed E-state index contributed by atoms with van der Waals surface area (Å²) in [6.45, 7) is 4.54. The summed E-state index contributed by atoms with van der Waals surface area (Å²) >= 11 is 0. The predicted octanol–water partition coefficient (Wildman–Crippen LogP) is 2.56. The standard InChI is InChI=1S/C17H28N2O/c1-14(17(18)15-7-3-2-4-8-15)13-19(11-6-12-20)16-9-5-10-16/h2-4,7-8,14,16-17,20H,5-6,9-13,18H2,1H3. The highest BCUT2D eigenvalue weighted by atomic mass is 16.3. The summed E-state index contributed by atoms with van der Waals surface area (Å²) in [4.78, 5) is 2.53. The van der Waals surface area contributed by atoms with E-state index in [1.54, 1.807) is 0 Å². The maximum Gasteiger partial charge on any atom is 0.0443 e. The fraction of sp³-hybridized carbons (Fsp3) is 0.647. The highest BCUT2D eigenvalue weighted by Gasteiger charge is 2.27. The normalized spacial score (nSPS) is 18.8. The molecule has 3 heteroatoms. The minimum absolute atomic E-state index is 0.0907. The third-order valence-electron chi connectivity index (χ3n) is 4.51. The van der Waals surface area contributed by atoms with Crippen LogP contribution in [0, 0.1) is 5.92 Å². The van der Waals surface area contributed by atoms with E-state index >= 15 is 0 Å². The Kier molecular flexibility index (Phi) is 6.02. The van der Waals surface area contributed by atoms with Gasteiger partial charge in [-0.25, -0.2) is 0 Å². The van der Waals surface area contributed by atoms with Gasteiger partial charge in [0.05, 0.1) is 0 Å². The molecule has 112 valence electrons. The smallest absolute Gasteiger partial charge is 0.0443 e. The fourth-order valence-corrected chi connectivity index (χ4v) is 2.94. The van der Waals surface area contributed by atoms with Gasteiger partial charge in [0, 0.05) is 31.8 Å². The summed E-state index contributed by atoms with van der Waals surface area (Å²) in [6.07, 6.45) is 4.82. The molecule has 1 fully saturated rings. The molecule has 0 radical (unpaired) electrons. The van der Waals surface area contributed by atoms with Gasteiger partial charge in [0.25, 0.3) is 0 Å². The maximum atomic E-state index is 9.06. The fourth-order valence-electron chi connectivity index (χ4n) is 2.94. The minimum atomic E-state index is 0.0907. The molecule has 0 spiro atoms. The Morgan fingerprint density at radius 2 is 2.00 bits per heavy atom. The quantitative estimate of drug-likeness (QED) is 0.767. The van der Waals surface area contributed by atoms with Crippen molar-refractivity contribution in [2.45, 2.75) is 44.7 Å². The lowest BCUT2D eigenvalue weighted by Gasteiger charge is -2.40. The van der Waals surface area contributed by atoms with Crippen molar-refractivity contribution in [2.24, 2.45) is 11.7 Å². The van der Waals surface area contributed by atoms with Crippen LogP contribution in [0.2, 0.25) is 0 Å². The number of hydrogen-bond donors (Lipinski definition) is 2. The lowest BCUT2D eigenvalue weighted by molar-refractivity contribution is 0.0961. The number of aliphatic hydroxyl groups excluding tert-OH is 1. The van der Waals surface area contributed by atoms with Crippen molar-refractivity contribution < 1.29 is 5.11 Å². The second kappa shape index (κ2) is 7.77. The zero-order chi connectivity index (χ0) is 14.4. The van der Waals surface area contributed by atoms with Crippen molar-refractivity contribution in [3.63, 3.8) is 0 Å². The molecule has 2 unspecified atom stereocenters. The van der Waals surface area contributed by atoms with Crippen LogP contribution >= 0.6 is 0 Å². The van der Waals surface area contributed by atoms with E-state index in [1.165, 1.54) is 24.8 Å². The van der Waals surface area contributed by atoms with Crippen molar-refractivity contribution in [3.8, 4) is 0 Å². The van der Waals surface area contributed by atoms with E-state index < -0.39 is 0 Å². The van der Waals surface area contributed by atoms with Gasteiger partial charge < -0.3 is 10.8 Å². The highest BCUT2D eigenvalue weighted by Crippen LogP contribution is 2.28. The Hall–Kier alpha value is -0.900. The number of aliphatic hydroxyl groups is 1. The molecule has 0 aliphatic heterocycles. The van der Waals surface area contributed by atoms with E-state index in [0.29, 0.717) is 12.0 Å². The van der Waals surface area contributed by atoms with Crippen LogP contribution in [0.1, 0.15) is 44.2 Å². The van der Waals surface area contributed by atoms with Crippen LogP contribution in [0.25, 0.3) is 0 Å². The van der Waals surface area contributed by atoms with Crippen LogP contribution in [0.3, 0.4) is 0 Å². The second-order valence-electron chi connectivity index (χ2n) is 6.07. The Bertz CT molecular complexity index is 378. The monoisotopic (exact) mass is 276 g/mol. The van der Waals surface area contributed by atoms with Crippen LogP contribution in [-0.4, -0.2) is 35.7 Å². The molecule has 20 heavy (non-hydrogen) atoms. The zero-order valence-electron chi connectivity index (χ0n) is 12.5. The molecule has 1 aliphatic rings. The molecule has 3 N–H and O–H groups in total. The van der Waals surface area contributed by atoms with Crippen molar-refractivity contribution >= 4 is 0 Å². The predicted molar refractivity (Wildman–Crippen MR) is 83.4 cm³/mol. The van der Waals surface area contributed by atoms with Crippen molar-refractivity contribution in [1.82, 2.24) is 4.90 Å². The first-order valence-corrected chi connectivity index (χ1v) is 7.88. The van der Waals surface area contributed by atoms with E-state index in [1.807, 2.05) is 6.07 Å². The SMILES string of the molecule is CC(CN(CCCO)C1CCC1)C(N)c1ccccc1. The second-order valence-corrected chi connectivity index (χ2v) is 6.07. The third-order valence-corrected chi connectivity index (χ3v) is 4.51. The largest absolute Gasteiger partial charge is 0.396 e. The molecule has 3 nitrogen and oxygen atoms in total. The molecule has 1 aliphatic carbocycles. The van der Waals surface area contributed by atoms with Gasteiger partial charge in [-0.2, -0.15) is 0 Å². The molecule has 0 aromatic heterocycles. The van der Waals surface area contributed by atoms with Crippen LogP contribution in [0.4, 0.5) is 0 Å². The van der Waals surface area contributed by atoms with E-state index in [4.69, 9.17) is 10.8 Å². The van der Waals surface area contributed by atoms with Crippen LogP contribution in [0.5, 0.6) is 0 Å². The summed E-state index contributed by atoms with van der Waals surface area (Å²) in [5.41, 5.74) is 7.62. The summed E-state index contributed by atoms with van der Waals surface area (Å²) in [7, 11) is 0. The first-order valence-electron chi connectivity index (χ1n) is 7.88. The third kappa shape index (κ3) is 4.05. The number of nitrogens with two attached hydrogens (primary N) is 1. The molecule has 0 amide bonds. The molecule has 1 aromatic carbocycles. The number of hydrogen-bond acceptors (Lipinski definition) is 3. The van der Waals surface area contributed by atoms with Gasteiger partial charge in [0.15, 0.2) is 0 Å². The number of benzene rings is 1. The van der Waals surface area contributed by atoms with Crippen molar-refractivity contribution in [2.75, 3.05) is 19.7 Å². The summed E-state index contributed by atoms with van der Waals surface area (Å²) in [5, 5.41) is 9.06. The highest BCUT2D eigenvalue weighted by molar-refractivity contribution is 5.19. The van der Waals surface area contributed by atoms with Crippen molar-refractivity contribution in [1.29, 1.82) is 0 Å². The van der Waals surface area contributed by atoms with Crippen LogP contribution in [0.15, 0.2) is 30.3 Å². The number of nitrogens with zero attached hydrogens (tertiary/aromatic N) is 1. The Morgan fingerprint density at radius 1 is 1.30 bits per heavy atom. The molecule has 0 saturated heterocycles. The lowest BCUT2D eigenvalue weighted by Crippen LogP contribution is -2.44. The molecule has 2 atom stereocenters. The topological polar surface area (TPSA) is 49.5 Å². The van der Waals surface area contributed by atoms with E-state index in [2.05, 4.69) is 36.1 Å². The van der Waals surface area contributed by atoms with Crippen molar-refractivity contribution in [3.05, 3.63) is 35.9 Å². The van der Waals surface area contributed by atoms with E-state index in [9.17, 15) is 0 Å². The summed E-state index contributed by atoms with van der Waals surface area (Å²) < 4.78 is 0. The Labute approximate surface area is 122 Å². The first-order chi connectivity index (χ1) is 9.72. The van der Waals surface area contributed by atoms with Gasteiger partial charge in [-0.15, -0.1) is 0 Å².